The van der Waals surface area contributed by atoms with E-state index < -0.39 is 0 Å². The number of carbonyl (C=O) groups excluding carboxylic acids is 1. The number of amides is 1. The number of hydrogen-bond acceptors (Lipinski definition) is 3. The zero-order chi connectivity index (χ0) is 17.6. The van der Waals surface area contributed by atoms with Gasteiger partial charge in [-0.25, -0.2) is 0 Å². The number of nitrogens with one attached hydrogen (secondary N) is 1. The number of likely N-dealkylation sites (N-methyl/N-ethyl adjacent to an activating group) is 1. The van der Waals surface area contributed by atoms with Crippen LogP contribution in [0.15, 0.2) is 48.5 Å². The Morgan fingerprint density at radius 3 is 2.69 bits per heavy atom. The van der Waals surface area contributed by atoms with Crippen molar-refractivity contribution in [3.63, 3.8) is 0 Å². The van der Waals surface area contributed by atoms with Crippen molar-refractivity contribution in [3.8, 4) is 5.75 Å². The maximum atomic E-state index is 12.9. The van der Waals surface area contributed by atoms with Crippen LogP contribution in [-0.2, 0) is 6.61 Å². The summed E-state index contributed by atoms with van der Waals surface area (Å²) in [6.07, 6.45) is 2.13. The summed E-state index contributed by atoms with van der Waals surface area (Å²) in [5.41, 5.74) is 1.63. The van der Waals surface area contributed by atoms with Crippen LogP contribution in [0.1, 0.15) is 28.8 Å². The molecule has 26 heavy (non-hydrogen) atoms. The van der Waals surface area contributed by atoms with Gasteiger partial charge in [-0.1, -0.05) is 35.9 Å². The van der Waals surface area contributed by atoms with Crippen molar-refractivity contribution >= 4 is 29.9 Å². The number of likely N-dealkylation sites (tertiary alicyclic amines) is 1. The van der Waals surface area contributed by atoms with Crippen LogP contribution in [0.25, 0.3) is 0 Å². The van der Waals surface area contributed by atoms with Gasteiger partial charge in [-0.15, -0.1) is 12.4 Å². The summed E-state index contributed by atoms with van der Waals surface area (Å²) in [6, 6.07) is 15.3. The molecule has 2 aromatic carbocycles. The molecule has 1 saturated heterocycles. The number of nitrogens with zero attached hydrogens (tertiary/aromatic N) is 1. The standard InChI is InChI=1S/C20H23ClN2O2.ClH/c1-22-17-5-4-12-23(13-17)20(24)18-6-2-3-7-19(18)25-14-15-8-10-16(21)11-9-15;/h2-3,6-11,17,22H,4-5,12-14H2,1H3;1H. The molecule has 1 aliphatic rings. The second-order valence-electron chi connectivity index (χ2n) is 6.29. The Hall–Kier alpha value is -1.75. The summed E-state index contributed by atoms with van der Waals surface area (Å²) >= 11 is 5.91. The van der Waals surface area contributed by atoms with Gasteiger partial charge >= 0.3 is 0 Å². The number of ether oxygens (including phenoxy) is 1. The molecule has 1 N–H and O–H groups in total. The van der Waals surface area contributed by atoms with Crippen LogP contribution < -0.4 is 10.1 Å². The first-order valence-electron chi connectivity index (χ1n) is 8.60. The molecule has 1 unspecified atom stereocenters. The van der Waals surface area contributed by atoms with Gasteiger partial charge < -0.3 is 15.0 Å². The van der Waals surface area contributed by atoms with Gasteiger partial charge in [-0.2, -0.15) is 0 Å². The predicted molar refractivity (Wildman–Crippen MR) is 107 cm³/mol. The van der Waals surface area contributed by atoms with E-state index in [9.17, 15) is 4.79 Å². The molecule has 0 radical (unpaired) electrons. The number of halogens is 2. The normalized spacial score (nSPS) is 16.7. The molecule has 0 saturated carbocycles. The summed E-state index contributed by atoms with van der Waals surface area (Å²) in [4.78, 5) is 14.9. The zero-order valence-corrected chi connectivity index (χ0v) is 16.4. The van der Waals surface area contributed by atoms with Crippen LogP contribution >= 0.6 is 24.0 Å². The van der Waals surface area contributed by atoms with Crippen LogP contribution in [-0.4, -0.2) is 37.0 Å². The highest BCUT2D eigenvalue weighted by Gasteiger charge is 2.25. The summed E-state index contributed by atoms with van der Waals surface area (Å²) < 4.78 is 5.92. The maximum Gasteiger partial charge on any atom is 0.257 e. The van der Waals surface area contributed by atoms with Crippen molar-refractivity contribution in [1.82, 2.24) is 10.2 Å². The van der Waals surface area contributed by atoms with Gasteiger partial charge in [0.2, 0.25) is 0 Å². The molecule has 1 fully saturated rings. The molecule has 1 aliphatic heterocycles. The van der Waals surface area contributed by atoms with Crippen LogP contribution in [0.4, 0.5) is 0 Å². The number of para-hydroxylation sites is 1. The number of piperidine rings is 1. The monoisotopic (exact) mass is 394 g/mol. The van der Waals surface area contributed by atoms with E-state index >= 15 is 0 Å². The van der Waals surface area contributed by atoms with E-state index in [4.69, 9.17) is 16.3 Å². The molecule has 3 rings (SSSR count). The Balaban J connectivity index is 0.00000243. The van der Waals surface area contributed by atoms with Crippen LogP contribution in [0.3, 0.4) is 0 Å². The molecule has 0 aromatic heterocycles. The Morgan fingerprint density at radius 1 is 1.23 bits per heavy atom. The summed E-state index contributed by atoms with van der Waals surface area (Å²) in [7, 11) is 1.95. The molecule has 1 atom stereocenters. The van der Waals surface area contributed by atoms with Gasteiger partial charge in [-0.3, -0.25) is 4.79 Å². The molecule has 2 aromatic rings. The highest BCUT2D eigenvalue weighted by Crippen LogP contribution is 2.23. The van der Waals surface area contributed by atoms with E-state index in [2.05, 4.69) is 5.32 Å². The second kappa shape index (κ2) is 9.81. The Morgan fingerprint density at radius 2 is 1.96 bits per heavy atom. The van der Waals surface area contributed by atoms with E-state index in [-0.39, 0.29) is 18.3 Å². The summed E-state index contributed by atoms with van der Waals surface area (Å²) in [6.45, 7) is 1.93. The molecule has 1 amide bonds. The van der Waals surface area contributed by atoms with Gasteiger partial charge in [-0.05, 0) is 49.7 Å². The van der Waals surface area contributed by atoms with E-state index in [0.29, 0.717) is 29.0 Å². The van der Waals surface area contributed by atoms with Crippen molar-refractivity contribution < 1.29 is 9.53 Å². The van der Waals surface area contributed by atoms with E-state index in [1.54, 1.807) is 0 Å². The van der Waals surface area contributed by atoms with Gasteiger partial charge in [0, 0.05) is 24.2 Å². The fourth-order valence-electron chi connectivity index (χ4n) is 3.08. The van der Waals surface area contributed by atoms with Crippen LogP contribution in [0, 0.1) is 0 Å². The first-order valence-corrected chi connectivity index (χ1v) is 8.98. The molecule has 1 heterocycles. The number of rotatable bonds is 5. The summed E-state index contributed by atoms with van der Waals surface area (Å²) in [5, 5.41) is 3.97. The lowest BCUT2D eigenvalue weighted by molar-refractivity contribution is 0.0693. The Kier molecular flexibility index (Phi) is 7.76. The smallest absolute Gasteiger partial charge is 0.257 e. The van der Waals surface area contributed by atoms with Gasteiger partial charge in [0.05, 0.1) is 5.56 Å². The molecule has 0 spiro atoms. The molecule has 0 bridgehead atoms. The van der Waals surface area contributed by atoms with E-state index in [0.717, 1.165) is 31.5 Å². The SMILES string of the molecule is CNC1CCCN(C(=O)c2ccccc2OCc2ccc(Cl)cc2)C1.Cl. The lowest BCUT2D eigenvalue weighted by atomic mass is 10.0. The fraction of sp³-hybridized carbons (Fsp3) is 0.350. The largest absolute Gasteiger partial charge is 0.488 e. The highest BCUT2D eigenvalue weighted by molar-refractivity contribution is 6.30. The van der Waals surface area contributed by atoms with Crippen molar-refractivity contribution in [2.75, 3.05) is 20.1 Å². The zero-order valence-electron chi connectivity index (χ0n) is 14.8. The molecule has 0 aliphatic carbocycles. The Labute approximate surface area is 165 Å². The highest BCUT2D eigenvalue weighted by atomic mass is 35.5. The number of benzene rings is 2. The van der Waals surface area contributed by atoms with Crippen molar-refractivity contribution in [1.29, 1.82) is 0 Å². The predicted octanol–water partition coefficient (Wildman–Crippen LogP) is 4.16. The van der Waals surface area contributed by atoms with Crippen LogP contribution in [0.2, 0.25) is 5.02 Å². The van der Waals surface area contributed by atoms with E-state index in [1.165, 1.54) is 0 Å². The molecule has 6 heteroatoms. The topological polar surface area (TPSA) is 41.6 Å². The third-order valence-electron chi connectivity index (χ3n) is 4.54. The molecule has 140 valence electrons. The summed E-state index contributed by atoms with van der Waals surface area (Å²) in [5.74, 6) is 0.653. The number of carbonyl (C=O) groups is 1. The van der Waals surface area contributed by atoms with E-state index in [1.807, 2.05) is 60.5 Å². The Bertz CT molecular complexity index is 722. The van der Waals surface area contributed by atoms with Gasteiger partial charge in [0.1, 0.15) is 12.4 Å². The third-order valence-corrected chi connectivity index (χ3v) is 4.79. The lowest BCUT2D eigenvalue weighted by Gasteiger charge is -2.33. The average Bonchev–Trinajstić information content (AvgIpc) is 2.67. The second-order valence-corrected chi connectivity index (χ2v) is 6.73. The van der Waals surface area contributed by atoms with Crippen molar-refractivity contribution in [2.24, 2.45) is 0 Å². The fourth-order valence-corrected chi connectivity index (χ4v) is 3.20. The molecular weight excluding hydrogens is 371 g/mol. The quantitative estimate of drug-likeness (QED) is 0.827. The molecular formula is C20H24Cl2N2O2. The lowest BCUT2D eigenvalue weighted by Crippen LogP contribution is -2.47. The first kappa shape index (κ1) is 20.6. The minimum absolute atomic E-state index is 0. The number of hydrogen-bond donors (Lipinski definition) is 1. The van der Waals surface area contributed by atoms with Crippen molar-refractivity contribution in [3.05, 3.63) is 64.7 Å². The minimum atomic E-state index is 0. The van der Waals surface area contributed by atoms with Gasteiger partial charge in [0.15, 0.2) is 0 Å². The van der Waals surface area contributed by atoms with Crippen LogP contribution in [0.5, 0.6) is 5.75 Å². The average molecular weight is 395 g/mol. The van der Waals surface area contributed by atoms with Crippen molar-refractivity contribution in [2.45, 2.75) is 25.5 Å². The minimum Gasteiger partial charge on any atom is -0.488 e. The molecule has 4 nitrogen and oxygen atoms in total. The maximum absolute atomic E-state index is 12.9. The van der Waals surface area contributed by atoms with Gasteiger partial charge in [0.25, 0.3) is 5.91 Å². The first-order chi connectivity index (χ1) is 12.2. The third kappa shape index (κ3) is 5.13.